The summed E-state index contributed by atoms with van der Waals surface area (Å²) in [6.07, 6.45) is 0. The monoisotopic (exact) mass is 338 g/mol. The van der Waals surface area contributed by atoms with Crippen LogP contribution in [0, 0.1) is 5.82 Å². The van der Waals surface area contributed by atoms with Gasteiger partial charge in [0.2, 0.25) is 0 Å². The first-order valence-corrected chi connectivity index (χ1v) is 7.85. The van der Waals surface area contributed by atoms with Gasteiger partial charge < -0.3 is 14.6 Å². The van der Waals surface area contributed by atoms with Crippen LogP contribution in [-0.2, 0) is 5.60 Å². The van der Waals surface area contributed by atoms with Gasteiger partial charge in [0, 0.05) is 0 Å². The van der Waals surface area contributed by atoms with E-state index in [4.69, 9.17) is 9.47 Å². The lowest BCUT2D eigenvalue weighted by Crippen LogP contribution is -2.29. The highest BCUT2D eigenvalue weighted by atomic mass is 19.1. The van der Waals surface area contributed by atoms with Crippen LogP contribution in [0.2, 0.25) is 0 Å². The molecular formula is C21H19FO3. The minimum Gasteiger partial charge on any atom is -0.497 e. The highest BCUT2D eigenvalue weighted by Crippen LogP contribution is 2.39. The van der Waals surface area contributed by atoms with Crippen molar-refractivity contribution >= 4 is 0 Å². The molecule has 3 nitrogen and oxygen atoms in total. The van der Waals surface area contributed by atoms with Crippen molar-refractivity contribution in [3.63, 3.8) is 0 Å². The molecule has 0 aliphatic rings. The van der Waals surface area contributed by atoms with Crippen LogP contribution in [0.25, 0.3) is 0 Å². The lowest BCUT2D eigenvalue weighted by atomic mass is 9.80. The van der Waals surface area contributed by atoms with Gasteiger partial charge in [-0.1, -0.05) is 36.4 Å². The third-order valence-corrected chi connectivity index (χ3v) is 4.22. The summed E-state index contributed by atoms with van der Waals surface area (Å²) in [5, 5.41) is 11.7. The van der Waals surface area contributed by atoms with Gasteiger partial charge in [0.15, 0.2) is 0 Å². The van der Waals surface area contributed by atoms with Crippen LogP contribution >= 0.6 is 0 Å². The van der Waals surface area contributed by atoms with E-state index in [9.17, 15) is 9.50 Å². The lowest BCUT2D eigenvalue weighted by molar-refractivity contribution is 0.124. The van der Waals surface area contributed by atoms with E-state index in [-0.39, 0.29) is 0 Å². The zero-order valence-electron chi connectivity index (χ0n) is 14.1. The molecule has 0 unspecified atom stereocenters. The Hall–Kier alpha value is -2.85. The average Bonchev–Trinajstić information content (AvgIpc) is 2.67. The standard InChI is InChI=1S/C21H19FO3/c1-24-19-10-4-7-16(13-19)21(23,15-6-3-9-18(22)12-15)17-8-5-11-20(14-17)25-2/h3-14,23H,1-2H3. The van der Waals surface area contributed by atoms with Gasteiger partial charge in [-0.25, -0.2) is 4.39 Å². The molecule has 128 valence electrons. The van der Waals surface area contributed by atoms with Crippen molar-refractivity contribution in [2.75, 3.05) is 14.2 Å². The maximum absolute atomic E-state index is 13.9. The van der Waals surface area contributed by atoms with E-state index in [0.29, 0.717) is 28.2 Å². The van der Waals surface area contributed by atoms with Crippen molar-refractivity contribution in [2.24, 2.45) is 0 Å². The summed E-state index contributed by atoms with van der Waals surface area (Å²) in [6.45, 7) is 0. The Labute approximate surface area is 146 Å². The van der Waals surface area contributed by atoms with Crippen LogP contribution in [0.5, 0.6) is 11.5 Å². The molecule has 3 rings (SSSR count). The predicted octanol–water partition coefficient (Wildman–Crippen LogP) is 4.13. The topological polar surface area (TPSA) is 38.7 Å². The minimum absolute atomic E-state index is 0.415. The molecule has 0 bridgehead atoms. The van der Waals surface area contributed by atoms with Gasteiger partial charge in [-0.15, -0.1) is 0 Å². The largest absolute Gasteiger partial charge is 0.497 e. The summed E-state index contributed by atoms with van der Waals surface area (Å²) in [5.41, 5.74) is 0.0240. The molecule has 0 aliphatic heterocycles. The highest BCUT2D eigenvalue weighted by Gasteiger charge is 2.34. The number of rotatable bonds is 5. The van der Waals surface area contributed by atoms with Crippen molar-refractivity contribution in [3.8, 4) is 11.5 Å². The number of benzene rings is 3. The molecule has 0 atom stereocenters. The van der Waals surface area contributed by atoms with Gasteiger partial charge in [0.1, 0.15) is 22.9 Å². The van der Waals surface area contributed by atoms with Crippen molar-refractivity contribution in [1.29, 1.82) is 0 Å². The molecule has 3 aromatic rings. The van der Waals surface area contributed by atoms with Gasteiger partial charge in [0.25, 0.3) is 0 Å². The lowest BCUT2D eigenvalue weighted by Gasteiger charge is -2.30. The molecule has 4 heteroatoms. The summed E-state index contributed by atoms with van der Waals surface area (Å²) < 4.78 is 24.4. The summed E-state index contributed by atoms with van der Waals surface area (Å²) in [4.78, 5) is 0. The van der Waals surface area contributed by atoms with Crippen LogP contribution in [0.4, 0.5) is 4.39 Å². The third-order valence-electron chi connectivity index (χ3n) is 4.22. The normalized spacial score (nSPS) is 11.2. The molecule has 0 aromatic heterocycles. The summed E-state index contributed by atoms with van der Waals surface area (Å²) in [7, 11) is 3.12. The zero-order valence-corrected chi connectivity index (χ0v) is 14.1. The van der Waals surface area contributed by atoms with E-state index in [1.54, 1.807) is 74.9 Å². The van der Waals surface area contributed by atoms with Crippen molar-refractivity contribution in [2.45, 2.75) is 5.60 Å². The van der Waals surface area contributed by atoms with Crippen molar-refractivity contribution in [3.05, 3.63) is 95.3 Å². The Morgan fingerprint density at radius 1 is 0.720 bits per heavy atom. The third kappa shape index (κ3) is 3.21. The second-order valence-electron chi connectivity index (χ2n) is 5.68. The molecule has 0 heterocycles. The maximum atomic E-state index is 13.9. The summed E-state index contributed by atoms with van der Waals surface area (Å²) >= 11 is 0. The molecule has 1 N–H and O–H groups in total. The van der Waals surface area contributed by atoms with Gasteiger partial charge in [-0.2, -0.15) is 0 Å². The minimum atomic E-state index is -1.55. The number of methoxy groups -OCH3 is 2. The van der Waals surface area contributed by atoms with Crippen molar-refractivity contribution < 1.29 is 19.0 Å². The second-order valence-corrected chi connectivity index (χ2v) is 5.68. The number of hydrogen-bond donors (Lipinski definition) is 1. The van der Waals surface area contributed by atoms with Crippen LogP contribution in [-0.4, -0.2) is 19.3 Å². The van der Waals surface area contributed by atoms with Crippen molar-refractivity contribution in [1.82, 2.24) is 0 Å². The Morgan fingerprint density at radius 3 is 1.60 bits per heavy atom. The molecule has 0 saturated carbocycles. The van der Waals surface area contributed by atoms with E-state index in [1.165, 1.54) is 12.1 Å². The molecule has 0 aliphatic carbocycles. The van der Waals surface area contributed by atoms with Gasteiger partial charge in [-0.3, -0.25) is 0 Å². The van der Waals surface area contributed by atoms with Gasteiger partial charge in [-0.05, 0) is 53.1 Å². The Morgan fingerprint density at radius 2 is 1.16 bits per heavy atom. The molecule has 25 heavy (non-hydrogen) atoms. The van der Waals surface area contributed by atoms with E-state index >= 15 is 0 Å². The van der Waals surface area contributed by atoms with Gasteiger partial charge >= 0.3 is 0 Å². The fraction of sp³-hybridized carbons (Fsp3) is 0.143. The predicted molar refractivity (Wildman–Crippen MR) is 94.5 cm³/mol. The molecular weight excluding hydrogens is 319 g/mol. The number of aliphatic hydroxyl groups is 1. The number of halogens is 1. The first kappa shape index (κ1) is 17.0. The van der Waals surface area contributed by atoms with Crippen LogP contribution < -0.4 is 9.47 Å². The SMILES string of the molecule is COc1cccc(C(O)(c2cccc(F)c2)c2cccc(OC)c2)c1. The molecule has 0 spiro atoms. The first-order chi connectivity index (χ1) is 12.1. The molecule has 0 radical (unpaired) electrons. The highest BCUT2D eigenvalue weighted by molar-refractivity contribution is 5.50. The molecule has 0 saturated heterocycles. The zero-order chi connectivity index (χ0) is 17.9. The smallest absolute Gasteiger partial charge is 0.140 e. The maximum Gasteiger partial charge on any atom is 0.140 e. The van der Waals surface area contributed by atoms with Crippen LogP contribution in [0.3, 0.4) is 0 Å². The average molecular weight is 338 g/mol. The first-order valence-electron chi connectivity index (χ1n) is 7.85. The summed E-state index contributed by atoms with van der Waals surface area (Å²) in [6, 6.07) is 20.2. The molecule has 0 amide bonds. The summed E-state index contributed by atoms with van der Waals surface area (Å²) in [5.74, 6) is 0.798. The number of ether oxygens (including phenoxy) is 2. The van der Waals surface area contributed by atoms with Gasteiger partial charge in [0.05, 0.1) is 14.2 Å². The molecule has 3 aromatic carbocycles. The van der Waals surface area contributed by atoms with E-state index < -0.39 is 11.4 Å². The van der Waals surface area contributed by atoms with E-state index in [0.717, 1.165) is 0 Å². The Kier molecular flexibility index (Phi) is 4.72. The Balaban J connectivity index is 2.27. The van der Waals surface area contributed by atoms with Crippen LogP contribution in [0.1, 0.15) is 16.7 Å². The second kappa shape index (κ2) is 6.95. The fourth-order valence-corrected chi connectivity index (χ4v) is 2.91. The molecule has 0 fully saturated rings. The van der Waals surface area contributed by atoms with E-state index in [1.807, 2.05) is 0 Å². The van der Waals surface area contributed by atoms with Crippen LogP contribution in [0.15, 0.2) is 72.8 Å². The fourth-order valence-electron chi connectivity index (χ4n) is 2.91. The Bertz CT molecular complexity index is 829. The number of hydrogen-bond acceptors (Lipinski definition) is 3. The quantitative estimate of drug-likeness (QED) is 0.711. The van der Waals surface area contributed by atoms with E-state index in [2.05, 4.69) is 0 Å².